The number of benzene rings is 2. The number of anilines is 1. The van der Waals surface area contributed by atoms with Crippen molar-refractivity contribution in [2.45, 2.75) is 19.9 Å². The Morgan fingerprint density at radius 2 is 1.90 bits per heavy atom. The number of nitrogens with zero attached hydrogens (tertiary/aromatic N) is 2. The average Bonchev–Trinajstić information content (AvgIpc) is 2.50. The van der Waals surface area contributed by atoms with Gasteiger partial charge in [0.2, 0.25) is 0 Å². The van der Waals surface area contributed by atoms with Crippen molar-refractivity contribution in [2.24, 2.45) is 0 Å². The molecule has 1 N–H and O–H groups in total. The number of halogens is 1. The Kier molecular flexibility index (Phi) is 3.52. The maximum Gasteiger partial charge on any atom is 0.137 e. The van der Waals surface area contributed by atoms with Gasteiger partial charge in [0.1, 0.15) is 18.0 Å². The lowest BCUT2D eigenvalue weighted by Crippen LogP contribution is -2.09. The van der Waals surface area contributed by atoms with Gasteiger partial charge in [0, 0.05) is 5.39 Å². The number of hydrogen-bond donors (Lipinski definition) is 1. The van der Waals surface area contributed by atoms with E-state index < -0.39 is 0 Å². The van der Waals surface area contributed by atoms with Crippen LogP contribution < -0.4 is 5.32 Å². The van der Waals surface area contributed by atoms with Crippen LogP contribution in [0, 0.1) is 12.7 Å². The number of aryl methyl sites for hydroxylation is 1. The van der Waals surface area contributed by atoms with Gasteiger partial charge in [0.05, 0.1) is 11.6 Å². The van der Waals surface area contributed by atoms with Crippen LogP contribution in [-0.4, -0.2) is 9.97 Å². The SMILES string of the molecule is Cc1ccc(C(C)Nc2ncnc3ccccc23)cc1F. The average molecular weight is 281 g/mol. The summed E-state index contributed by atoms with van der Waals surface area (Å²) in [5.41, 5.74) is 2.43. The predicted octanol–water partition coefficient (Wildman–Crippen LogP) is 4.25. The molecular weight excluding hydrogens is 265 g/mol. The summed E-state index contributed by atoms with van der Waals surface area (Å²) in [6.07, 6.45) is 1.53. The molecule has 1 heterocycles. The molecule has 1 aromatic heterocycles. The topological polar surface area (TPSA) is 37.8 Å². The van der Waals surface area contributed by atoms with Crippen molar-refractivity contribution in [3.8, 4) is 0 Å². The molecule has 3 aromatic rings. The zero-order valence-corrected chi connectivity index (χ0v) is 12.0. The lowest BCUT2D eigenvalue weighted by molar-refractivity contribution is 0.614. The van der Waals surface area contributed by atoms with E-state index in [0.29, 0.717) is 5.56 Å². The molecule has 0 saturated carbocycles. The molecule has 3 nitrogen and oxygen atoms in total. The van der Waals surface area contributed by atoms with Crippen molar-refractivity contribution in [3.05, 3.63) is 65.7 Å². The summed E-state index contributed by atoms with van der Waals surface area (Å²) in [5, 5.41) is 4.29. The fourth-order valence-electron chi connectivity index (χ4n) is 2.29. The molecule has 0 radical (unpaired) electrons. The number of para-hydroxylation sites is 1. The van der Waals surface area contributed by atoms with Gasteiger partial charge in [-0.2, -0.15) is 0 Å². The van der Waals surface area contributed by atoms with Gasteiger partial charge in [-0.1, -0.05) is 24.3 Å². The molecular formula is C17H16FN3. The molecule has 0 saturated heterocycles. The molecule has 4 heteroatoms. The molecule has 3 rings (SSSR count). The summed E-state index contributed by atoms with van der Waals surface area (Å²) in [6, 6.07) is 13.1. The Bertz CT molecular complexity index is 781. The predicted molar refractivity (Wildman–Crippen MR) is 82.7 cm³/mol. The fraction of sp³-hybridized carbons (Fsp3) is 0.176. The molecule has 2 aromatic carbocycles. The molecule has 0 amide bonds. The van der Waals surface area contributed by atoms with Crippen LogP contribution in [0.1, 0.15) is 24.1 Å². The van der Waals surface area contributed by atoms with Gasteiger partial charge in [-0.3, -0.25) is 0 Å². The van der Waals surface area contributed by atoms with E-state index in [0.717, 1.165) is 22.3 Å². The smallest absolute Gasteiger partial charge is 0.137 e. The molecule has 0 aliphatic rings. The van der Waals surface area contributed by atoms with E-state index in [-0.39, 0.29) is 11.9 Å². The Labute approximate surface area is 122 Å². The molecule has 0 fully saturated rings. The lowest BCUT2D eigenvalue weighted by Gasteiger charge is -2.16. The molecule has 21 heavy (non-hydrogen) atoms. The molecule has 1 unspecified atom stereocenters. The van der Waals surface area contributed by atoms with Crippen LogP contribution in [0.3, 0.4) is 0 Å². The van der Waals surface area contributed by atoms with Crippen LogP contribution in [0.25, 0.3) is 10.9 Å². The standard InChI is InChI=1S/C17H16FN3/c1-11-7-8-13(9-15(11)18)12(2)21-17-14-5-3-4-6-16(14)19-10-20-17/h3-10,12H,1-2H3,(H,19,20,21). The number of aromatic nitrogens is 2. The summed E-state index contributed by atoms with van der Waals surface area (Å²) in [7, 11) is 0. The first kappa shape index (κ1) is 13.5. The Hall–Kier alpha value is -2.49. The van der Waals surface area contributed by atoms with Crippen LogP contribution in [-0.2, 0) is 0 Å². The van der Waals surface area contributed by atoms with Crippen LogP contribution in [0.15, 0.2) is 48.8 Å². The second-order valence-corrected chi connectivity index (χ2v) is 5.11. The number of nitrogens with one attached hydrogen (secondary N) is 1. The minimum atomic E-state index is -0.186. The first-order valence-electron chi connectivity index (χ1n) is 6.87. The molecule has 0 bridgehead atoms. The van der Waals surface area contributed by atoms with Crippen LogP contribution in [0.2, 0.25) is 0 Å². The van der Waals surface area contributed by atoms with Gasteiger partial charge in [0.25, 0.3) is 0 Å². The maximum atomic E-state index is 13.7. The highest BCUT2D eigenvalue weighted by molar-refractivity contribution is 5.88. The molecule has 106 valence electrons. The minimum absolute atomic E-state index is 0.0431. The van der Waals surface area contributed by atoms with E-state index in [9.17, 15) is 4.39 Å². The van der Waals surface area contributed by atoms with Crippen molar-refractivity contribution in [1.82, 2.24) is 9.97 Å². The van der Waals surface area contributed by atoms with Gasteiger partial charge >= 0.3 is 0 Å². The first-order valence-corrected chi connectivity index (χ1v) is 6.87. The zero-order chi connectivity index (χ0) is 14.8. The van der Waals surface area contributed by atoms with E-state index in [1.807, 2.05) is 37.3 Å². The summed E-state index contributed by atoms with van der Waals surface area (Å²) in [4.78, 5) is 8.53. The van der Waals surface area contributed by atoms with Gasteiger partial charge < -0.3 is 5.32 Å². The fourth-order valence-corrected chi connectivity index (χ4v) is 2.29. The molecule has 0 spiro atoms. The molecule has 0 aliphatic heterocycles. The van der Waals surface area contributed by atoms with Crippen molar-refractivity contribution in [3.63, 3.8) is 0 Å². The monoisotopic (exact) mass is 281 g/mol. The van der Waals surface area contributed by atoms with Gasteiger partial charge in [-0.15, -0.1) is 0 Å². The van der Waals surface area contributed by atoms with E-state index in [2.05, 4.69) is 15.3 Å². The third-order valence-corrected chi connectivity index (χ3v) is 3.59. The second-order valence-electron chi connectivity index (χ2n) is 5.11. The van der Waals surface area contributed by atoms with E-state index >= 15 is 0 Å². The highest BCUT2D eigenvalue weighted by Crippen LogP contribution is 2.24. The van der Waals surface area contributed by atoms with Crippen LogP contribution in [0.5, 0.6) is 0 Å². The van der Waals surface area contributed by atoms with Crippen molar-refractivity contribution < 1.29 is 4.39 Å². The maximum absolute atomic E-state index is 13.7. The summed E-state index contributed by atoms with van der Waals surface area (Å²) in [6.45, 7) is 3.75. The van der Waals surface area contributed by atoms with Crippen molar-refractivity contribution >= 4 is 16.7 Å². The Morgan fingerprint density at radius 1 is 1.10 bits per heavy atom. The van der Waals surface area contributed by atoms with Crippen molar-refractivity contribution in [1.29, 1.82) is 0 Å². The number of hydrogen-bond acceptors (Lipinski definition) is 3. The van der Waals surface area contributed by atoms with E-state index in [4.69, 9.17) is 0 Å². The van der Waals surface area contributed by atoms with Crippen LogP contribution >= 0.6 is 0 Å². The van der Waals surface area contributed by atoms with E-state index in [1.54, 1.807) is 19.1 Å². The highest BCUT2D eigenvalue weighted by Gasteiger charge is 2.10. The highest BCUT2D eigenvalue weighted by atomic mass is 19.1. The third-order valence-electron chi connectivity index (χ3n) is 3.59. The minimum Gasteiger partial charge on any atom is -0.363 e. The first-order chi connectivity index (χ1) is 10.1. The van der Waals surface area contributed by atoms with Crippen molar-refractivity contribution in [2.75, 3.05) is 5.32 Å². The summed E-state index contributed by atoms with van der Waals surface area (Å²) >= 11 is 0. The van der Waals surface area contributed by atoms with Crippen LogP contribution in [0.4, 0.5) is 10.2 Å². The van der Waals surface area contributed by atoms with Gasteiger partial charge in [-0.25, -0.2) is 14.4 Å². The normalized spacial score (nSPS) is 12.3. The Morgan fingerprint density at radius 3 is 2.71 bits per heavy atom. The zero-order valence-electron chi connectivity index (χ0n) is 12.0. The largest absolute Gasteiger partial charge is 0.363 e. The summed E-state index contributed by atoms with van der Waals surface area (Å²) in [5.74, 6) is 0.572. The molecule has 1 atom stereocenters. The Balaban J connectivity index is 1.92. The number of fused-ring (bicyclic) bond motifs is 1. The summed E-state index contributed by atoms with van der Waals surface area (Å²) < 4.78 is 13.7. The third kappa shape index (κ3) is 2.70. The van der Waals surface area contributed by atoms with Gasteiger partial charge in [0.15, 0.2) is 0 Å². The van der Waals surface area contributed by atoms with Gasteiger partial charge in [-0.05, 0) is 43.2 Å². The number of rotatable bonds is 3. The second kappa shape index (κ2) is 5.48. The lowest BCUT2D eigenvalue weighted by atomic mass is 10.1. The van der Waals surface area contributed by atoms with E-state index in [1.165, 1.54) is 6.33 Å². The quantitative estimate of drug-likeness (QED) is 0.780. The molecule has 0 aliphatic carbocycles.